The maximum Gasteiger partial charge on any atom is 0.0828 e. The van der Waals surface area contributed by atoms with Gasteiger partial charge in [0, 0.05) is 30.4 Å². The maximum absolute atomic E-state index is 4.87. The van der Waals surface area contributed by atoms with E-state index in [-0.39, 0.29) is 0 Å². The van der Waals surface area contributed by atoms with Crippen LogP contribution in [0.3, 0.4) is 0 Å². The zero-order valence-corrected chi connectivity index (χ0v) is 12.1. The van der Waals surface area contributed by atoms with E-state index in [2.05, 4.69) is 48.0 Å². The van der Waals surface area contributed by atoms with Crippen LogP contribution in [0.1, 0.15) is 26.2 Å². The monoisotopic (exact) mass is 264 g/mol. The van der Waals surface area contributed by atoms with Gasteiger partial charge in [0.15, 0.2) is 0 Å². The molecule has 0 spiro atoms. The molecule has 3 rings (SSSR count). The summed E-state index contributed by atoms with van der Waals surface area (Å²) in [4.78, 5) is 7.26. The highest BCUT2D eigenvalue weighted by Crippen LogP contribution is 2.31. The van der Waals surface area contributed by atoms with Gasteiger partial charge in [0.05, 0.1) is 11.1 Å². The Morgan fingerprint density at radius 1 is 1.30 bits per heavy atom. The lowest BCUT2D eigenvalue weighted by Gasteiger charge is -2.23. The Morgan fingerprint density at radius 3 is 2.85 bits per heavy atom. The number of para-hydroxylation sites is 1. The number of nitrogens with zero attached hydrogens (tertiary/aromatic N) is 2. The van der Waals surface area contributed by atoms with Crippen molar-refractivity contribution in [3.63, 3.8) is 0 Å². The summed E-state index contributed by atoms with van der Waals surface area (Å²) in [7, 11) is 2.19. The molecule has 0 atom stereocenters. The van der Waals surface area contributed by atoms with Gasteiger partial charge in [-0.15, -0.1) is 5.73 Å². The average Bonchev–Trinajstić information content (AvgIpc) is 3.26. The standard InChI is InChI=1S/C18H20N2/c1-3-7-17-18(20(2)15-12-13-15)11-6-9-14-8-4-5-10-16(14)19-17/h3-8,10,15H,11-13H2,1-2H3. The molecule has 1 aromatic carbocycles. The van der Waals surface area contributed by atoms with Crippen molar-refractivity contribution in [1.29, 1.82) is 0 Å². The van der Waals surface area contributed by atoms with Crippen molar-refractivity contribution in [1.82, 2.24) is 4.90 Å². The summed E-state index contributed by atoms with van der Waals surface area (Å²) in [6.45, 7) is 2.05. The molecule has 1 fully saturated rings. The fourth-order valence-electron chi connectivity index (χ4n) is 2.55. The van der Waals surface area contributed by atoms with Crippen LogP contribution in [0.5, 0.6) is 0 Å². The van der Waals surface area contributed by atoms with Crippen LogP contribution in [0, 0.1) is 0 Å². The van der Waals surface area contributed by atoms with E-state index < -0.39 is 0 Å². The van der Waals surface area contributed by atoms with Gasteiger partial charge in [-0.05, 0) is 44.1 Å². The summed E-state index contributed by atoms with van der Waals surface area (Å²) in [6.07, 6.45) is 9.80. The molecule has 1 aliphatic heterocycles. The van der Waals surface area contributed by atoms with E-state index >= 15 is 0 Å². The molecule has 2 nitrogen and oxygen atoms in total. The second kappa shape index (κ2) is 5.52. The minimum absolute atomic E-state index is 0.698. The van der Waals surface area contributed by atoms with Crippen molar-refractivity contribution in [3.8, 4) is 0 Å². The zero-order valence-electron chi connectivity index (χ0n) is 12.1. The molecule has 1 saturated carbocycles. The fraction of sp³-hybridized carbons (Fsp3) is 0.333. The van der Waals surface area contributed by atoms with Gasteiger partial charge >= 0.3 is 0 Å². The minimum atomic E-state index is 0.698. The van der Waals surface area contributed by atoms with Crippen LogP contribution in [0.25, 0.3) is 5.73 Å². The first-order valence-corrected chi connectivity index (χ1v) is 7.27. The number of benzene rings is 1. The van der Waals surface area contributed by atoms with Crippen LogP contribution in [0.4, 0.5) is 0 Å². The Morgan fingerprint density at radius 2 is 2.10 bits per heavy atom. The Hall–Kier alpha value is -2.05. The summed E-state index contributed by atoms with van der Waals surface area (Å²) < 4.78 is 0. The molecule has 0 saturated heterocycles. The molecular formula is C18H20N2. The fourth-order valence-corrected chi connectivity index (χ4v) is 2.55. The zero-order chi connectivity index (χ0) is 13.9. The van der Waals surface area contributed by atoms with E-state index in [1.54, 1.807) is 0 Å². The quantitative estimate of drug-likeness (QED) is 0.819. The van der Waals surface area contributed by atoms with Crippen LogP contribution in [-0.4, -0.2) is 18.0 Å². The molecule has 0 unspecified atom stereocenters. The number of hydrogen-bond donors (Lipinski definition) is 0. The third-order valence-corrected chi connectivity index (χ3v) is 3.84. The Labute approximate surface area is 120 Å². The maximum atomic E-state index is 4.87. The highest BCUT2D eigenvalue weighted by Gasteiger charge is 2.28. The lowest BCUT2D eigenvalue weighted by molar-refractivity contribution is 0.396. The molecule has 2 aliphatic rings. The van der Waals surface area contributed by atoms with Gasteiger partial charge in [0.2, 0.25) is 0 Å². The Bertz CT molecular complexity index is 714. The first-order chi connectivity index (χ1) is 9.79. The van der Waals surface area contributed by atoms with Gasteiger partial charge in [0.25, 0.3) is 0 Å². The highest BCUT2D eigenvalue weighted by atomic mass is 15.2. The second-order valence-corrected chi connectivity index (χ2v) is 5.36. The molecule has 0 N–H and O–H groups in total. The molecule has 2 heteroatoms. The van der Waals surface area contributed by atoms with Crippen molar-refractivity contribution < 1.29 is 0 Å². The Balaban J connectivity index is 2.18. The third kappa shape index (κ3) is 2.61. The number of fused-ring (bicyclic) bond motifs is 1. The van der Waals surface area contributed by atoms with Gasteiger partial charge in [-0.3, -0.25) is 0 Å². The molecule has 0 amide bonds. The number of hydrogen-bond acceptors (Lipinski definition) is 2. The highest BCUT2D eigenvalue weighted by molar-refractivity contribution is 5.32. The predicted octanol–water partition coefficient (Wildman–Crippen LogP) is 2.53. The normalized spacial score (nSPS) is 18.1. The summed E-state index contributed by atoms with van der Waals surface area (Å²) in [6, 6.07) is 8.89. The third-order valence-electron chi connectivity index (χ3n) is 3.84. The lowest BCUT2D eigenvalue weighted by Crippen LogP contribution is -2.26. The largest absolute Gasteiger partial charge is 0.373 e. The van der Waals surface area contributed by atoms with E-state index in [0.29, 0.717) is 6.04 Å². The predicted molar refractivity (Wildman–Crippen MR) is 82.4 cm³/mol. The van der Waals surface area contributed by atoms with Crippen molar-refractivity contribution >= 4 is 5.73 Å². The van der Waals surface area contributed by atoms with Gasteiger partial charge in [0.1, 0.15) is 0 Å². The molecule has 0 aromatic heterocycles. The van der Waals surface area contributed by atoms with E-state index in [0.717, 1.165) is 22.7 Å². The van der Waals surface area contributed by atoms with E-state index in [9.17, 15) is 0 Å². The summed E-state index contributed by atoms with van der Waals surface area (Å²) in [5, 5.41) is 2.07. The molecule has 1 aromatic rings. The van der Waals surface area contributed by atoms with Crippen molar-refractivity contribution in [2.24, 2.45) is 4.99 Å². The Kier molecular flexibility index (Phi) is 3.58. The average molecular weight is 264 g/mol. The van der Waals surface area contributed by atoms with Gasteiger partial charge in [-0.25, -0.2) is 4.99 Å². The van der Waals surface area contributed by atoms with E-state index in [1.807, 2.05) is 19.1 Å². The summed E-state index contributed by atoms with van der Waals surface area (Å²) >= 11 is 0. The minimum Gasteiger partial charge on any atom is -0.373 e. The molecule has 0 radical (unpaired) electrons. The first kappa shape index (κ1) is 13.0. The van der Waals surface area contributed by atoms with E-state index in [4.69, 9.17) is 4.99 Å². The molecule has 0 bridgehead atoms. The molecule has 20 heavy (non-hydrogen) atoms. The molecule has 1 aliphatic carbocycles. The van der Waals surface area contributed by atoms with Gasteiger partial charge in [-0.1, -0.05) is 18.2 Å². The summed E-state index contributed by atoms with van der Waals surface area (Å²) in [5.74, 6) is 0. The summed E-state index contributed by atoms with van der Waals surface area (Å²) in [5.41, 5.74) is 5.74. The number of allylic oxidation sites excluding steroid dienone is 3. The van der Waals surface area contributed by atoms with Crippen LogP contribution < -0.4 is 10.6 Å². The lowest BCUT2D eigenvalue weighted by atomic mass is 10.1. The van der Waals surface area contributed by atoms with Crippen molar-refractivity contribution in [3.05, 3.63) is 64.5 Å². The van der Waals surface area contributed by atoms with Gasteiger partial charge < -0.3 is 4.90 Å². The SMILES string of the molecule is CC=CC1=C(N(C)C2CC2)CC=C=c2ccccc2=N1. The van der Waals surface area contributed by atoms with Crippen LogP contribution in [0.15, 0.2) is 58.9 Å². The van der Waals surface area contributed by atoms with Crippen molar-refractivity contribution in [2.45, 2.75) is 32.2 Å². The van der Waals surface area contributed by atoms with Crippen molar-refractivity contribution in [2.75, 3.05) is 7.05 Å². The number of rotatable bonds is 3. The van der Waals surface area contributed by atoms with E-state index in [1.165, 1.54) is 18.5 Å². The molecular weight excluding hydrogens is 244 g/mol. The molecule has 1 heterocycles. The van der Waals surface area contributed by atoms with Crippen LogP contribution >= 0.6 is 0 Å². The first-order valence-electron chi connectivity index (χ1n) is 7.27. The smallest absolute Gasteiger partial charge is 0.0828 e. The second-order valence-electron chi connectivity index (χ2n) is 5.36. The van der Waals surface area contributed by atoms with Gasteiger partial charge in [-0.2, -0.15) is 0 Å². The molecule has 102 valence electrons. The topological polar surface area (TPSA) is 15.6 Å². The van der Waals surface area contributed by atoms with Crippen LogP contribution in [0.2, 0.25) is 0 Å². The van der Waals surface area contributed by atoms with Crippen LogP contribution in [-0.2, 0) is 0 Å².